The van der Waals surface area contributed by atoms with Gasteiger partial charge in [0.15, 0.2) is 5.60 Å². The summed E-state index contributed by atoms with van der Waals surface area (Å²) in [6.07, 6.45) is 0.645. The Kier molecular flexibility index (Phi) is 9.35. The van der Waals surface area contributed by atoms with Crippen molar-refractivity contribution < 1.29 is 28.3 Å². The van der Waals surface area contributed by atoms with Crippen LogP contribution in [0, 0.1) is 5.92 Å². The first-order valence-electron chi connectivity index (χ1n) is 16.4. The molecular formula is C36H43FN4O5Si. The molecule has 3 aliphatic heterocycles. The van der Waals surface area contributed by atoms with Gasteiger partial charge in [-0.25, -0.2) is 0 Å². The highest BCUT2D eigenvalue weighted by atomic mass is 28.4. The number of para-hydroxylation sites is 1. The van der Waals surface area contributed by atoms with Crippen LogP contribution in [-0.4, -0.2) is 68.0 Å². The number of hydrogen-bond donors (Lipinski definition) is 3. The largest absolute Gasteiger partial charge is 0.395 e. The number of nitrogens with zero attached hydrogens (tertiary/aromatic N) is 2. The molecule has 248 valence electrons. The standard InChI is InChI=1S/C36H43FN4O5Si/c1-24-33(47(2,3)37)31(22-32(43)40(19-20-42)23-25-11-6-4-7-12-25)46-36(24)28-21-26(39-34(44)29-15-10-18-38-29)16-17-30(28)41(35(36)45)27-13-8-5-9-14-27/h4-9,11-14,16-17,21,24,29,31,33,38,42H,10,15,18-20,22-23H2,1-3H3,(H,39,44)/t24-,29+,31+,33-,36+/m0/s1. The number of carbonyl (C=O) groups excluding carboxylic acids is 3. The van der Waals surface area contributed by atoms with Crippen LogP contribution in [0.25, 0.3) is 0 Å². The number of benzene rings is 3. The molecule has 3 heterocycles. The zero-order valence-corrected chi connectivity index (χ0v) is 28.1. The van der Waals surface area contributed by atoms with E-state index < -0.39 is 31.6 Å². The molecule has 0 aliphatic carbocycles. The molecule has 3 N–H and O–H groups in total. The summed E-state index contributed by atoms with van der Waals surface area (Å²) in [6.45, 7) is 6.02. The molecule has 47 heavy (non-hydrogen) atoms. The van der Waals surface area contributed by atoms with Gasteiger partial charge in [0.25, 0.3) is 5.91 Å². The molecule has 5 atom stereocenters. The molecular weight excluding hydrogens is 616 g/mol. The predicted octanol–water partition coefficient (Wildman–Crippen LogP) is 5.24. The van der Waals surface area contributed by atoms with Crippen LogP contribution in [-0.2, 0) is 31.3 Å². The molecule has 3 aliphatic rings. The Bertz CT molecular complexity index is 1610. The van der Waals surface area contributed by atoms with Crippen LogP contribution in [0.2, 0.25) is 18.6 Å². The number of nitrogens with one attached hydrogen (secondary N) is 2. The van der Waals surface area contributed by atoms with E-state index in [1.165, 1.54) is 0 Å². The number of halogens is 1. The summed E-state index contributed by atoms with van der Waals surface area (Å²) < 4.78 is 23.3. The lowest BCUT2D eigenvalue weighted by Crippen LogP contribution is -2.44. The predicted molar refractivity (Wildman–Crippen MR) is 181 cm³/mol. The fraction of sp³-hybridized carbons (Fsp3) is 0.417. The summed E-state index contributed by atoms with van der Waals surface area (Å²) in [6, 6.07) is 23.8. The highest BCUT2D eigenvalue weighted by Gasteiger charge is 2.67. The molecule has 2 saturated heterocycles. The van der Waals surface area contributed by atoms with E-state index in [1.807, 2.05) is 67.6 Å². The van der Waals surface area contributed by atoms with Crippen molar-refractivity contribution in [3.05, 3.63) is 90.0 Å². The summed E-state index contributed by atoms with van der Waals surface area (Å²) in [4.78, 5) is 44.9. The Hall–Kier alpha value is -3.90. The number of amides is 3. The summed E-state index contributed by atoms with van der Waals surface area (Å²) in [5.41, 5.74) is 0.945. The third kappa shape index (κ3) is 6.25. The first-order valence-corrected chi connectivity index (χ1v) is 19.4. The van der Waals surface area contributed by atoms with Crippen LogP contribution >= 0.6 is 0 Å². The van der Waals surface area contributed by atoms with Gasteiger partial charge in [-0.05, 0) is 68.4 Å². The molecule has 3 aromatic carbocycles. The van der Waals surface area contributed by atoms with Gasteiger partial charge >= 0.3 is 0 Å². The monoisotopic (exact) mass is 658 g/mol. The lowest BCUT2D eigenvalue weighted by Gasteiger charge is -2.31. The van der Waals surface area contributed by atoms with Gasteiger partial charge in [0.1, 0.15) is 0 Å². The number of aliphatic hydroxyl groups is 1. The first-order chi connectivity index (χ1) is 22.5. The van der Waals surface area contributed by atoms with Crippen LogP contribution in [0.5, 0.6) is 0 Å². The molecule has 1 spiro atoms. The zero-order chi connectivity index (χ0) is 33.3. The topological polar surface area (TPSA) is 111 Å². The molecule has 0 unspecified atom stereocenters. The fourth-order valence-corrected chi connectivity index (χ4v) is 10.2. The van der Waals surface area contributed by atoms with Gasteiger partial charge < -0.3 is 29.5 Å². The van der Waals surface area contributed by atoms with Gasteiger partial charge in [-0.1, -0.05) is 55.5 Å². The SMILES string of the molecule is C[C@H]1[C@H]([Si](C)(C)F)[C@@H](CC(=O)N(CCO)Cc2ccccc2)O[C@]12C(=O)N(c1ccccc1)c1ccc(NC(=O)[C@H]3CCCN3)cc12. The van der Waals surface area contributed by atoms with Gasteiger partial charge in [-0.15, -0.1) is 0 Å². The Labute approximate surface area is 276 Å². The fourth-order valence-electron chi connectivity index (χ4n) is 7.74. The third-order valence-electron chi connectivity index (χ3n) is 9.84. The Balaban J connectivity index is 1.38. The molecule has 0 aromatic heterocycles. The summed E-state index contributed by atoms with van der Waals surface area (Å²) >= 11 is 0. The Morgan fingerprint density at radius 2 is 1.81 bits per heavy atom. The molecule has 3 aromatic rings. The molecule has 0 radical (unpaired) electrons. The van der Waals surface area contributed by atoms with Crippen LogP contribution in [0.4, 0.5) is 21.2 Å². The number of rotatable bonds is 10. The highest BCUT2D eigenvalue weighted by Crippen LogP contribution is 2.61. The number of hydrogen-bond acceptors (Lipinski definition) is 6. The lowest BCUT2D eigenvalue weighted by molar-refractivity contribution is -0.149. The summed E-state index contributed by atoms with van der Waals surface area (Å²) in [5.74, 6) is -1.39. The van der Waals surface area contributed by atoms with E-state index in [4.69, 9.17) is 4.74 Å². The van der Waals surface area contributed by atoms with Gasteiger partial charge in [0, 0.05) is 41.5 Å². The third-order valence-corrected chi connectivity index (χ3v) is 12.3. The number of anilines is 3. The van der Waals surface area contributed by atoms with Gasteiger partial charge in [0.2, 0.25) is 20.2 Å². The molecule has 0 bridgehead atoms. The first kappa shape index (κ1) is 33.0. The molecule has 3 amide bonds. The maximum absolute atomic E-state index is 16.4. The lowest BCUT2D eigenvalue weighted by atomic mass is 9.82. The van der Waals surface area contributed by atoms with Crippen LogP contribution in [0.15, 0.2) is 78.9 Å². The van der Waals surface area contributed by atoms with Crippen molar-refractivity contribution in [2.75, 3.05) is 29.9 Å². The smallest absolute Gasteiger partial charge is 0.268 e. The molecule has 2 fully saturated rings. The quantitative estimate of drug-likeness (QED) is 0.203. The van der Waals surface area contributed by atoms with E-state index in [0.29, 0.717) is 22.6 Å². The van der Waals surface area contributed by atoms with E-state index in [0.717, 1.165) is 24.9 Å². The molecule has 0 saturated carbocycles. The zero-order valence-electron chi connectivity index (χ0n) is 27.1. The second-order valence-corrected chi connectivity index (χ2v) is 17.1. The average molecular weight is 659 g/mol. The van der Waals surface area contributed by atoms with Crippen molar-refractivity contribution in [1.82, 2.24) is 10.2 Å². The van der Waals surface area contributed by atoms with Gasteiger partial charge in [-0.2, -0.15) is 0 Å². The second-order valence-electron chi connectivity index (χ2n) is 13.3. The maximum Gasteiger partial charge on any atom is 0.268 e. The maximum atomic E-state index is 16.4. The Morgan fingerprint density at radius 1 is 1.11 bits per heavy atom. The van der Waals surface area contributed by atoms with Crippen molar-refractivity contribution in [2.24, 2.45) is 5.92 Å². The highest BCUT2D eigenvalue weighted by molar-refractivity contribution is 6.72. The Morgan fingerprint density at radius 3 is 2.45 bits per heavy atom. The van der Waals surface area contributed by atoms with Gasteiger partial charge in [-0.3, -0.25) is 19.3 Å². The minimum atomic E-state index is -3.54. The van der Waals surface area contributed by atoms with Gasteiger partial charge in [0.05, 0.1) is 30.9 Å². The van der Waals surface area contributed by atoms with E-state index in [2.05, 4.69) is 10.6 Å². The van der Waals surface area contributed by atoms with Crippen LogP contribution < -0.4 is 15.5 Å². The summed E-state index contributed by atoms with van der Waals surface area (Å²) in [7, 11) is -3.54. The van der Waals surface area contributed by atoms with E-state index >= 15 is 4.11 Å². The second kappa shape index (κ2) is 13.3. The number of aliphatic hydroxyl groups excluding tert-OH is 1. The molecule has 9 nitrogen and oxygen atoms in total. The number of ether oxygens (including phenoxy) is 1. The minimum absolute atomic E-state index is 0.116. The van der Waals surface area contributed by atoms with Crippen molar-refractivity contribution in [1.29, 1.82) is 0 Å². The van der Waals surface area contributed by atoms with Crippen molar-refractivity contribution in [2.45, 2.75) is 69.1 Å². The number of carbonyl (C=O) groups is 3. The van der Waals surface area contributed by atoms with Crippen molar-refractivity contribution >= 4 is 43.2 Å². The van der Waals surface area contributed by atoms with Crippen LogP contribution in [0.3, 0.4) is 0 Å². The minimum Gasteiger partial charge on any atom is -0.395 e. The van der Waals surface area contributed by atoms with Crippen molar-refractivity contribution in [3.8, 4) is 0 Å². The van der Waals surface area contributed by atoms with Crippen molar-refractivity contribution in [3.63, 3.8) is 0 Å². The number of fused-ring (bicyclic) bond motifs is 2. The van der Waals surface area contributed by atoms with E-state index in [1.54, 1.807) is 41.1 Å². The van der Waals surface area contributed by atoms with E-state index in [9.17, 15) is 19.5 Å². The van der Waals surface area contributed by atoms with E-state index in [-0.39, 0.29) is 49.9 Å². The normalized spacial score (nSPS) is 25.3. The van der Waals surface area contributed by atoms with Crippen LogP contribution in [0.1, 0.15) is 37.3 Å². The average Bonchev–Trinajstić information content (AvgIpc) is 3.75. The summed E-state index contributed by atoms with van der Waals surface area (Å²) in [5, 5.41) is 16.0. The molecule has 11 heteroatoms. The molecule has 6 rings (SSSR count).